The van der Waals surface area contributed by atoms with Crippen LogP contribution in [0.4, 0.5) is 4.79 Å². The lowest BCUT2D eigenvalue weighted by molar-refractivity contribution is 0.145. The first-order valence-electron chi connectivity index (χ1n) is 9.11. The van der Waals surface area contributed by atoms with Crippen molar-refractivity contribution < 1.29 is 9.32 Å². The Balaban J connectivity index is 1.47. The zero-order valence-electron chi connectivity index (χ0n) is 15.4. The van der Waals surface area contributed by atoms with E-state index in [0.717, 1.165) is 49.1 Å². The van der Waals surface area contributed by atoms with Gasteiger partial charge in [-0.3, -0.25) is 0 Å². The lowest BCUT2D eigenvalue weighted by atomic mass is 9.96. The molecule has 6 nitrogen and oxygen atoms in total. The number of urea groups is 1. The van der Waals surface area contributed by atoms with E-state index in [2.05, 4.69) is 36.3 Å². The Bertz CT molecular complexity index is 704. The van der Waals surface area contributed by atoms with Crippen molar-refractivity contribution in [3.8, 4) is 0 Å². The van der Waals surface area contributed by atoms with Gasteiger partial charge in [-0.15, -0.1) is 0 Å². The van der Waals surface area contributed by atoms with Gasteiger partial charge in [0.15, 0.2) is 5.58 Å². The molecule has 3 rings (SSSR count). The molecule has 1 aliphatic rings. The molecule has 2 heterocycles. The number of hydrogen-bond donors (Lipinski definition) is 1. The van der Waals surface area contributed by atoms with Gasteiger partial charge in [0, 0.05) is 31.1 Å². The van der Waals surface area contributed by atoms with Gasteiger partial charge in [-0.1, -0.05) is 17.3 Å². The van der Waals surface area contributed by atoms with Crippen molar-refractivity contribution in [3.63, 3.8) is 0 Å². The lowest BCUT2D eigenvalue weighted by Crippen LogP contribution is -2.46. The number of amides is 2. The van der Waals surface area contributed by atoms with Crippen molar-refractivity contribution in [1.29, 1.82) is 0 Å². The normalized spacial score (nSPS) is 16.1. The number of para-hydroxylation sites is 1. The van der Waals surface area contributed by atoms with E-state index in [1.165, 1.54) is 0 Å². The fourth-order valence-electron chi connectivity index (χ4n) is 3.27. The maximum atomic E-state index is 12.4. The van der Waals surface area contributed by atoms with Crippen molar-refractivity contribution >= 4 is 17.0 Å². The van der Waals surface area contributed by atoms with Crippen LogP contribution in [0.5, 0.6) is 0 Å². The van der Waals surface area contributed by atoms with Gasteiger partial charge < -0.3 is 19.6 Å². The number of aromatic nitrogens is 1. The summed E-state index contributed by atoms with van der Waals surface area (Å²) in [5.41, 5.74) is 1.53. The van der Waals surface area contributed by atoms with Crippen molar-refractivity contribution in [2.24, 2.45) is 5.92 Å². The summed E-state index contributed by atoms with van der Waals surface area (Å²) >= 11 is 0. The van der Waals surface area contributed by atoms with Crippen LogP contribution in [0.2, 0.25) is 0 Å². The van der Waals surface area contributed by atoms with E-state index in [4.69, 9.17) is 4.52 Å². The SMILES string of the molecule is CC(C)N(C)CC1CCN(C(=O)NCc2noc3ccccc23)CC1. The summed E-state index contributed by atoms with van der Waals surface area (Å²) in [4.78, 5) is 16.7. The highest BCUT2D eigenvalue weighted by Gasteiger charge is 2.24. The Kier molecular flexibility index (Phi) is 5.58. The van der Waals surface area contributed by atoms with E-state index in [1.54, 1.807) is 0 Å². The van der Waals surface area contributed by atoms with Crippen LogP contribution in [0, 0.1) is 5.92 Å². The Labute approximate surface area is 149 Å². The topological polar surface area (TPSA) is 61.6 Å². The molecule has 0 saturated carbocycles. The van der Waals surface area contributed by atoms with Crippen molar-refractivity contribution in [1.82, 2.24) is 20.3 Å². The molecule has 0 radical (unpaired) electrons. The summed E-state index contributed by atoms with van der Waals surface area (Å²) in [6.07, 6.45) is 2.13. The Morgan fingerprint density at radius 3 is 2.80 bits per heavy atom. The second-order valence-corrected chi connectivity index (χ2v) is 7.25. The third-order valence-electron chi connectivity index (χ3n) is 5.19. The standard InChI is InChI=1S/C19H28N4O2/c1-14(2)22(3)13-15-8-10-23(11-9-15)19(24)20-12-17-16-6-4-5-7-18(16)25-21-17/h4-7,14-15H,8-13H2,1-3H3,(H,20,24). The van der Waals surface area contributed by atoms with Crippen LogP contribution in [-0.2, 0) is 6.54 Å². The van der Waals surface area contributed by atoms with E-state index in [0.29, 0.717) is 18.5 Å². The largest absolute Gasteiger partial charge is 0.356 e. The highest BCUT2D eigenvalue weighted by Crippen LogP contribution is 2.20. The number of nitrogens with zero attached hydrogens (tertiary/aromatic N) is 3. The highest BCUT2D eigenvalue weighted by molar-refractivity contribution is 5.80. The molecule has 0 spiro atoms. The van der Waals surface area contributed by atoms with Crippen LogP contribution >= 0.6 is 0 Å². The van der Waals surface area contributed by atoms with Crippen LogP contribution < -0.4 is 5.32 Å². The van der Waals surface area contributed by atoms with Crippen LogP contribution in [0.15, 0.2) is 28.8 Å². The van der Waals surface area contributed by atoms with Crippen LogP contribution in [0.1, 0.15) is 32.4 Å². The predicted molar refractivity (Wildman–Crippen MR) is 98.3 cm³/mol. The van der Waals surface area contributed by atoms with E-state index in [-0.39, 0.29) is 6.03 Å². The first-order chi connectivity index (χ1) is 12.0. The summed E-state index contributed by atoms with van der Waals surface area (Å²) in [6.45, 7) is 7.58. The average Bonchev–Trinajstić information content (AvgIpc) is 3.03. The molecule has 0 aliphatic carbocycles. The van der Waals surface area contributed by atoms with Gasteiger partial charge in [0.2, 0.25) is 0 Å². The Morgan fingerprint density at radius 2 is 2.08 bits per heavy atom. The maximum Gasteiger partial charge on any atom is 0.317 e. The number of benzene rings is 1. The fourth-order valence-corrected chi connectivity index (χ4v) is 3.27. The van der Waals surface area contributed by atoms with E-state index in [1.807, 2.05) is 29.2 Å². The zero-order chi connectivity index (χ0) is 17.8. The molecule has 0 atom stereocenters. The summed E-state index contributed by atoms with van der Waals surface area (Å²) < 4.78 is 5.28. The number of likely N-dealkylation sites (tertiary alicyclic amines) is 1. The van der Waals surface area contributed by atoms with Gasteiger partial charge in [-0.05, 0) is 51.8 Å². The quantitative estimate of drug-likeness (QED) is 0.905. The molecule has 1 saturated heterocycles. The van der Waals surface area contributed by atoms with Gasteiger partial charge in [-0.2, -0.15) is 0 Å². The summed E-state index contributed by atoms with van der Waals surface area (Å²) in [5, 5.41) is 7.99. The van der Waals surface area contributed by atoms with Gasteiger partial charge in [0.1, 0.15) is 5.69 Å². The Morgan fingerprint density at radius 1 is 1.36 bits per heavy atom. The predicted octanol–water partition coefficient (Wildman–Crippen LogP) is 3.09. The zero-order valence-corrected chi connectivity index (χ0v) is 15.4. The molecule has 0 bridgehead atoms. The van der Waals surface area contributed by atoms with Gasteiger partial charge in [0.25, 0.3) is 0 Å². The number of fused-ring (bicyclic) bond motifs is 1. The number of carbonyl (C=O) groups is 1. The van der Waals surface area contributed by atoms with E-state index in [9.17, 15) is 4.79 Å². The molecule has 2 amide bonds. The van der Waals surface area contributed by atoms with Crippen molar-refractivity contribution in [2.75, 3.05) is 26.7 Å². The van der Waals surface area contributed by atoms with E-state index < -0.39 is 0 Å². The molecule has 0 unspecified atom stereocenters. The molecule has 2 aromatic rings. The molecule has 1 fully saturated rings. The fraction of sp³-hybridized carbons (Fsp3) is 0.579. The Hall–Kier alpha value is -2.08. The first kappa shape index (κ1) is 17.7. The first-order valence-corrected chi connectivity index (χ1v) is 9.11. The average molecular weight is 344 g/mol. The molecule has 1 N–H and O–H groups in total. The highest BCUT2D eigenvalue weighted by atomic mass is 16.5. The number of piperidine rings is 1. The third kappa shape index (κ3) is 4.31. The number of rotatable bonds is 5. The lowest BCUT2D eigenvalue weighted by Gasteiger charge is -2.34. The molecule has 25 heavy (non-hydrogen) atoms. The number of hydrogen-bond acceptors (Lipinski definition) is 4. The number of nitrogens with one attached hydrogen (secondary N) is 1. The van der Waals surface area contributed by atoms with Crippen LogP contribution in [0.25, 0.3) is 11.0 Å². The second-order valence-electron chi connectivity index (χ2n) is 7.25. The van der Waals surface area contributed by atoms with Crippen LogP contribution in [-0.4, -0.2) is 53.7 Å². The van der Waals surface area contributed by atoms with Gasteiger partial charge in [0.05, 0.1) is 6.54 Å². The molecule has 1 aromatic heterocycles. The van der Waals surface area contributed by atoms with Crippen molar-refractivity contribution in [2.45, 2.75) is 39.3 Å². The molecular weight excluding hydrogens is 316 g/mol. The van der Waals surface area contributed by atoms with Crippen LogP contribution in [0.3, 0.4) is 0 Å². The molecule has 1 aromatic carbocycles. The molecule has 6 heteroatoms. The second kappa shape index (κ2) is 7.87. The minimum Gasteiger partial charge on any atom is -0.356 e. The minimum absolute atomic E-state index is 0.0113. The maximum absolute atomic E-state index is 12.4. The van der Waals surface area contributed by atoms with Gasteiger partial charge >= 0.3 is 6.03 Å². The summed E-state index contributed by atoms with van der Waals surface area (Å²) in [5.74, 6) is 0.677. The smallest absolute Gasteiger partial charge is 0.317 e. The summed E-state index contributed by atoms with van der Waals surface area (Å²) in [7, 11) is 2.17. The van der Waals surface area contributed by atoms with E-state index >= 15 is 0 Å². The molecule has 1 aliphatic heterocycles. The van der Waals surface area contributed by atoms with Gasteiger partial charge in [-0.25, -0.2) is 4.79 Å². The monoisotopic (exact) mass is 344 g/mol. The third-order valence-corrected chi connectivity index (χ3v) is 5.19. The summed E-state index contributed by atoms with van der Waals surface area (Å²) in [6, 6.07) is 8.26. The molecular formula is C19H28N4O2. The van der Waals surface area contributed by atoms with Crippen molar-refractivity contribution in [3.05, 3.63) is 30.0 Å². The molecule has 136 valence electrons. The minimum atomic E-state index is -0.0113. The number of carbonyl (C=O) groups excluding carboxylic acids is 1.